The largest absolute Gasteiger partial charge is 0.356 e. The van der Waals surface area contributed by atoms with Gasteiger partial charge in [-0.05, 0) is 38.3 Å². The smallest absolute Gasteiger partial charge is 0.227 e. The lowest BCUT2D eigenvalue weighted by Crippen LogP contribution is -2.52. The standard InChI is InChI=1S/C28H35N7O/c1-22-18-23(2)35(31-22)27-19-26(29-21-30-27)34-13-7-11-25(20-34)28(36)33-16-14-32(15-17-33)12-6-10-24-8-4-3-5-9-24/h3-6,8-10,18-19,21,25H,7,11-17,20H2,1-2H3/b10-6+. The Kier molecular flexibility index (Phi) is 7.41. The minimum absolute atomic E-state index is 0.00961. The second kappa shape index (κ2) is 11.0. The predicted molar refractivity (Wildman–Crippen MR) is 142 cm³/mol. The van der Waals surface area contributed by atoms with Crippen molar-refractivity contribution in [3.05, 3.63) is 71.8 Å². The number of amides is 1. The summed E-state index contributed by atoms with van der Waals surface area (Å²) in [6, 6.07) is 14.4. The number of benzene rings is 1. The first-order valence-electron chi connectivity index (χ1n) is 12.9. The SMILES string of the molecule is Cc1cc(C)n(-c2cc(N3CCCC(C(=O)N4CCN(C/C=C/c5ccccc5)CC4)C3)ncn2)n1. The summed E-state index contributed by atoms with van der Waals surface area (Å²) in [5.74, 6) is 1.92. The zero-order chi connectivity index (χ0) is 24.9. The van der Waals surface area contributed by atoms with Crippen LogP contribution in [0, 0.1) is 19.8 Å². The molecule has 4 heterocycles. The second-order valence-corrected chi connectivity index (χ2v) is 9.80. The normalized spacial score (nSPS) is 19.2. The molecular formula is C28H35N7O. The number of piperazine rings is 1. The summed E-state index contributed by atoms with van der Waals surface area (Å²) >= 11 is 0. The number of carbonyl (C=O) groups is 1. The molecule has 1 unspecified atom stereocenters. The maximum atomic E-state index is 13.4. The number of rotatable bonds is 6. The number of hydrogen-bond acceptors (Lipinski definition) is 6. The van der Waals surface area contributed by atoms with E-state index >= 15 is 0 Å². The molecule has 8 nitrogen and oxygen atoms in total. The molecule has 1 atom stereocenters. The first-order chi connectivity index (χ1) is 17.6. The van der Waals surface area contributed by atoms with Crippen LogP contribution >= 0.6 is 0 Å². The third kappa shape index (κ3) is 5.65. The molecule has 2 aromatic heterocycles. The maximum Gasteiger partial charge on any atom is 0.227 e. The van der Waals surface area contributed by atoms with Gasteiger partial charge in [-0.3, -0.25) is 9.69 Å². The van der Waals surface area contributed by atoms with Gasteiger partial charge in [-0.15, -0.1) is 0 Å². The number of anilines is 1. The molecule has 0 bridgehead atoms. The molecule has 188 valence electrons. The molecular weight excluding hydrogens is 450 g/mol. The van der Waals surface area contributed by atoms with E-state index in [1.54, 1.807) is 6.33 Å². The lowest BCUT2D eigenvalue weighted by molar-refractivity contribution is -0.137. The van der Waals surface area contributed by atoms with Crippen LogP contribution in [-0.4, -0.2) is 81.3 Å². The molecule has 2 fully saturated rings. The van der Waals surface area contributed by atoms with Crippen molar-refractivity contribution in [3.63, 3.8) is 0 Å². The zero-order valence-corrected chi connectivity index (χ0v) is 21.3. The van der Waals surface area contributed by atoms with E-state index in [9.17, 15) is 4.79 Å². The van der Waals surface area contributed by atoms with Crippen molar-refractivity contribution in [2.75, 3.05) is 50.7 Å². The van der Waals surface area contributed by atoms with Gasteiger partial charge in [-0.2, -0.15) is 5.10 Å². The van der Waals surface area contributed by atoms with Gasteiger partial charge in [0, 0.05) is 57.6 Å². The van der Waals surface area contributed by atoms with Crippen molar-refractivity contribution in [2.24, 2.45) is 5.92 Å². The molecule has 1 amide bonds. The van der Waals surface area contributed by atoms with Crippen LogP contribution < -0.4 is 4.90 Å². The molecule has 5 rings (SSSR count). The van der Waals surface area contributed by atoms with Crippen LogP contribution in [0.25, 0.3) is 11.9 Å². The maximum absolute atomic E-state index is 13.4. The topological polar surface area (TPSA) is 70.4 Å². The third-order valence-corrected chi connectivity index (χ3v) is 7.12. The Morgan fingerprint density at radius 3 is 2.53 bits per heavy atom. The lowest BCUT2D eigenvalue weighted by Gasteiger charge is -2.39. The van der Waals surface area contributed by atoms with E-state index in [2.05, 4.69) is 66.2 Å². The van der Waals surface area contributed by atoms with Crippen LogP contribution in [0.3, 0.4) is 0 Å². The van der Waals surface area contributed by atoms with Crippen molar-refractivity contribution in [3.8, 4) is 5.82 Å². The van der Waals surface area contributed by atoms with Crippen LogP contribution in [-0.2, 0) is 4.79 Å². The van der Waals surface area contributed by atoms with Gasteiger partial charge in [0.25, 0.3) is 0 Å². The van der Waals surface area contributed by atoms with Gasteiger partial charge in [0.05, 0.1) is 11.6 Å². The summed E-state index contributed by atoms with van der Waals surface area (Å²) in [6.07, 6.45) is 7.90. The average Bonchev–Trinajstić information content (AvgIpc) is 3.27. The Morgan fingerprint density at radius 2 is 1.78 bits per heavy atom. The molecule has 1 aromatic carbocycles. The highest BCUT2D eigenvalue weighted by molar-refractivity contribution is 5.80. The van der Waals surface area contributed by atoms with E-state index in [1.165, 1.54) is 5.56 Å². The summed E-state index contributed by atoms with van der Waals surface area (Å²) in [5.41, 5.74) is 3.22. The summed E-state index contributed by atoms with van der Waals surface area (Å²) in [6.45, 7) is 9.95. The van der Waals surface area contributed by atoms with Gasteiger partial charge < -0.3 is 9.80 Å². The van der Waals surface area contributed by atoms with Gasteiger partial charge in [0.2, 0.25) is 5.91 Å². The summed E-state index contributed by atoms with van der Waals surface area (Å²) in [7, 11) is 0. The number of aromatic nitrogens is 4. The number of hydrogen-bond donors (Lipinski definition) is 0. The fraction of sp³-hybridized carbons (Fsp3) is 0.429. The molecule has 2 aliphatic heterocycles. The van der Waals surface area contributed by atoms with Gasteiger partial charge >= 0.3 is 0 Å². The van der Waals surface area contributed by atoms with Gasteiger partial charge in [0.15, 0.2) is 5.82 Å². The minimum atomic E-state index is 0.00961. The molecule has 36 heavy (non-hydrogen) atoms. The van der Waals surface area contributed by atoms with Crippen LogP contribution in [0.5, 0.6) is 0 Å². The molecule has 2 saturated heterocycles. The quantitative estimate of drug-likeness (QED) is 0.533. The fourth-order valence-electron chi connectivity index (χ4n) is 5.18. The average molecular weight is 486 g/mol. The first kappa shape index (κ1) is 24.2. The van der Waals surface area contributed by atoms with Gasteiger partial charge in [-0.1, -0.05) is 42.5 Å². The van der Waals surface area contributed by atoms with Crippen molar-refractivity contribution in [2.45, 2.75) is 26.7 Å². The monoisotopic (exact) mass is 485 g/mol. The van der Waals surface area contributed by atoms with E-state index in [4.69, 9.17) is 0 Å². The van der Waals surface area contributed by atoms with E-state index in [0.29, 0.717) is 6.54 Å². The van der Waals surface area contributed by atoms with Crippen LogP contribution in [0.15, 0.2) is 54.9 Å². The molecule has 0 radical (unpaired) electrons. The number of carbonyl (C=O) groups excluding carboxylic acids is 1. The highest BCUT2D eigenvalue weighted by Gasteiger charge is 2.31. The number of piperidine rings is 1. The van der Waals surface area contributed by atoms with Crippen molar-refractivity contribution in [1.82, 2.24) is 29.5 Å². The Labute approximate surface area is 213 Å². The van der Waals surface area contributed by atoms with Crippen LogP contribution in [0.1, 0.15) is 29.8 Å². The fourth-order valence-corrected chi connectivity index (χ4v) is 5.18. The lowest BCUT2D eigenvalue weighted by atomic mass is 9.96. The Hall–Kier alpha value is -3.52. The Morgan fingerprint density at radius 1 is 1.00 bits per heavy atom. The molecule has 0 N–H and O–H groups in total. The van der Waals surface area contributed by atoms with E-state index < -0.39 is 0 Å². The number of aryl methyl sites for hydroxylation is 2. The first-order valence-corrected chi connectivity index (χ1v) is 12.9. The third-order valence-electron chi connectivity index (χ3n) is 7.12. The highest BCUT2D eigenvalue weighted by Crippen LogP contribution is 2.25. The molecule has 8 heteroatoms. The summed E-state index contributed by atoms with van der Waals surface area (Å²) < 4.78 is 1.85. The van der Waals surface area contributed by atoms with E-state index in [1.807, 2.05) is 36.7 Å². The minimum Gasteiger partial charge on any atom is -0.356 e. The Balaban J connectivity index is 1.15. The second-order valence-electron chi connectivity index (χ2n) is 9.80. The van der Waals surface area contributed by atoms with E-state index in [0.717, 1.165) is 75.1 Å². The van der Waals surface area contributed by atoms with Gasteiger partial charge in [0.1, 0.15) is 12.1 Å². The van der Waals surface area contributed by atoms with Crippen molar-refractivity contribution in [1.29, 1.82) is 0 Å². The van der Waals surface area contributed by atoms with E-state index in [-0.39, 0.29) is 11.8 Å². The summed E-state index contributed by atoms with van der Waals surface area (Å²) in [4.78, 5) is 29.1. The summed E-state index contributed by atoms with van der Waals surface area (Å²) in [5, 5.41) is 4.55. The molecule has 3 aromatic rings. The molecule has 2 aliphatic rings. The van der Waals surface area contributed by atoms with Crippen molar-refractivity contribution >= 4 is 17.8 Å². The van der Waals surface area contributed by atoms with Crippen molar-refractivity contribution < 1.29 is 4.79 Å². The van der Waals surface area contributed by atoms with Crippen LogP contribution in [0.4, 0.5) is 5.82 Å². The molecule has 0 aliphatic carbocycles. The number of nitrogens with zero attached hydrogens (tertiary/aromatic N) is 7. The Bertz CT molecular complexity index is 1200. The molecule has 0 saturated carbocycles. The van der Waals surface area contributed by atoms with Gasteiger partial charge in [-0.25, -0.2) is 14.6 Å². The van der Waals surface area contributed by atoms with Crippen LogP contribution in [0.2, 0.25) is 0 Å². The highest BCUT2D eigenvalue weighted by atomic mass is 16.2. The predicted octanol–water partition coefficient (Wildman–Crippen LogP) is 3.35. The molecule has 0 spiro atoms. The zero-order valence-electron chi connectivity index (χ0n) is 21.3.